The van der Waals surface area contributed by atoms with Crippen LogP contribution in [-0.4, -0.2) is 46.1 Å². The van der Waals surface area contributed by atoms with Crippen LogP contribution in [0.5, 0.6) is 5.75 Å². The van der Waals surface area contributed by atoms with E-state index < -0.39 is 17.4 Å². The number of aromatic nitrogens is 1. The van der Waals surface area contributed by atoms with E-state index in [2.05, 4.69) is 10.5 Å². The number of likely N-dealkylation sites (tertiary alicyclic amines) is 1. The van der Waals surface area contributed by atoms with Gasteiger partial charge in [0.2, 0.25) is 11.5 Å². The number of nitrogens with one attached hydrogen (secondary N) is 2. The minimum atomic E-state index is -1.52. The lowest BCUT2D eigenvalue weighted by Gasteiger charge is -2.39. The van der Waals surface area contributed by atoms with Crippen LogP contribution in [0.1, 0.15) is 23.2 Å². The number of fused-ring (bicyclic) bond motifs is 1. The molecule has 5 rings (SSSR count). The average Bonchev–Trinajstić information content (AvgIpc) is 3.31. The molecule has 9 heteroatoms. The summed E-state index contributed by atoms with van der Waals surface area (Å²) in [4.78, 5) is 37.0. The van der Waals surface area contributed by atoms with Gasteiger partial charge in [-0.1, -0.05) is 18.2 Å². The fourth-order valence-corrected chi connectivity index (χ4v) is 4.73. The Kier molecular flexibility index (Phi) is 5.88. The van der Waals surface area contributed by atoms with Gasteiger partial charge in [-0.25, -0.2) is 5.48 Å². The van der Waals surface area contributed by atoms with Gasteiger partial charge in [-0.2, -0.15) is 0 Å². The van der Waals surface area contributed by atoms with Gasteiger partial charge in [-0.05, 0) is 61.4 Å². The van der Waals surface area contributed by atoms with Crippen molar-refractivity contribution in [2.45, 2.75) is 25.6 Å². The molecular formula is C26H26N4O5. The number of rotatable bonds is 5. The van der Waals surface area contributed by atoms with E-state index in [9.17, 15) is 9.59 Å². The summed E-state index contributed by atoms with van der Waals surface area (Å²) in [7, 11) is 1.66. The largest absolute Gasteiger partial charge is 0.489 e. The maximum Gasteiger partial charge on any atom is 0.262 e. The molecule has 0 saturated carbocycles. The third kappa shape index (κ3) is 4.09. The molecule has 2 unspecified atom stereocenters. The normalized spacial score (nSPS) is 21.7. The molecule has 2 atom stereocenters. The Balaban J connectivity index is 1.35. The molecule has 0 bridgehead atoms. The van der Waals surface area contributed by atoms with Crippen LogP contribution < -0.4 is 15.7 Å². The topological polar surface area (TPSA) is 113 Å². The third-order valence-corrected chi connectivity index (χ3v) is 6.56. The van der Waals surface area contributed by atoms with Crippen LogP contribution >= 0.6 is 0 Å². The maximum atomic E-state index is 13.0. The van der Waals surface area contributed by atoms with E-state index in [0.717, 1.165) is 27.7 Å². The van der Waals surface area contributed by atoms with Gasteiger partial charge in [0.05, 0.1) is 17.1 Å². The Morgan fingerprint density at radius 2 is 2.06 bits per heavy atom. The molecule has 3 aromatic rings. The Morgan fingerprint density at radius 3 is 2.83 bits per heavy atom. The first-order valence-corrected chi connectivity index (χ1v) is 11.4. The molecule has 2 amide bonds. The zero-order valence-electron chi connectivity index (χ0n) is 19.4. The fourth-order valence-electron chi connectivity index (χ4n) is 4.73. The van der Waals surface area contributed by atoms with Crippen molar-refractivity contribution in [3.8, 4) is 5.75 Å². The molecule has 2 aliphatic heterocycles. The molecular weight excluding hydrogens is 448 g/mol. The lowest BCUT2D eigenvalue weighted by atomic mass is 9.79. The number of pyridine rings is 1. The monoisotopic (exact) mass is 474 g/mol. The Hall–Kier alpha value is -3.95. The van der Waals surface area contributed by atoms with Crippen molar-refractivity contribution >= 4 is 28.4 Å². The number of nitrogens with zero attached hydrogens (tertiary/aromatic N) is 2. The first-order chi connectivity index (χ1) is 16.9. The van der Waals surface area contributed by atoms with Gasteiger partial charge in [0.25, 0.3) is 5.91 Å². The number of carbonyl (C=O) groups is 2. The van der Waals surface area contributed by atoms with Crippen LogP contribution in [-0.2, 0) is 21.0 Å². The summed E-state index contributed by atoms with van der Waals surface area (Å²) in [5, 5.41) is 10.2. The first-order valence-electron chi connectivity index (χ1n) is 11.4. The highest BCUT2D eigenvalue weighted by Gasteiger charge is 2.56. The smallest absolute Gasteiger partial charge is 0.262 e. The fraction of sp³-hybridized carbons (Fsp3) is 0.269. The van der Waals surface area contributed by atoms with Crippen molar-refractivity contribution in [3.05, 3.63) is 77.5 Å². The Labute approximate surface area is 202 Å². The minimum absolute atomic E-state index is 0.348. The molecule has 2 aromatic carbocycles. The molecule has 0 aliphatic carbocycles. The van der Waals surface area contributed by atoms with Crippen molar-refractivity contribution in [2.75, 3.05) is 13.6 Å². The standard InChI is InChI=1S/C26H26N4O5/c1-16-13-18(20-5-3-4-6-22(20)27-16)15-34-19-9-7-17(8-10-19)23-14-26(35-29-23)21(24(31)28-33)11-12-30(2)25(26)32/h3-10,13-14,21,29,33H,11-12,15H2,1-2H3,(H,28,31). The molecule has 180 valence electrons. The maximum absolute atomic E-state index is 13.0. The zero-order valence-corrected chi connectivity index (χ0v) is 19.4. The molecule has 3 N–H and O–H groups in total. The second kappa shape index (κ2) is 9.01. The molecule has 1 aromatic heterocycles. The molecule has 1 fully saturated rings. The van der Waals surface area contributed by atoms with E-state index in [-0.39, 0.29) is 5.91 Å². The highest BCUT2D eigenvalue weighted by atomic mass is 16.7. The van der Waals surface area contributed by atoms with Gasteiger partial charge in [-0.15, -0.1) is 0 Å². The number of carbonyl (C=O) groups excluding carboxylic acids is 2. The van der Waals surface area contributed by atoms with Crippen molar-refractivity contribution in [1.29, 1.82) is 0 Å². The van der Waals surface area contributed by atoms with E-state index in [1.165, 1.54) is 4.90 Å². The summed E-state index contributed by atoms with van der Waals surface area (Å²) in [6, 6.07) is 17.4. The van der Waals surface area contributed by atoms with E-state index in [1.54, 1.807) is 18.6 Å². The third-order valence-electron chi connectivity index (χ3n) is 6.56. The number of amides is 2. The zero-order chi connectivity index (χ0) is 24.6. The van der Waals surface area contributed by atoms with Gasteiger partial charge in [0.15, 0.2) is 0 Å². The number of likely N-dealkylation sites (N-methyl/N-ethyl adjacent to an activating group) is 1. The van der Waals surface area contributed by atoms with Crippen LogP contribution in [0.2, 0.25) is 0 Å². The lowest BCUT2D eigenvalue weighted by Crippen LogP contribution is -2.60. The molecule has 1 saturated heterocycles. The number of aryl methyl sites for hydroxylation is 1. The van der Waals surface area contributed by atoms with Crippen molar-refractivity contribution < 1.29 is 24.4 Å². The SMILES string of the molecule is Cc1cc(COc2ccc(C3=CC4(ON3)C(=O)N(C)CCC4C(=O)NO)cc2)c2ccccc2n1. The van der Waals surface area contributed by atoms with Crippen molar-refractivity contribution in [3.63, 3.8) is 0 Å². The number of piperidine rings is 1. The number of benzene rings is 2. The highest BCUT2D eigenvalue weighted by molar-refractivity contribution is 5.97. The van der Waals surface area contributed by atoms with Crippen LogP contribution in [0.4, 0.5) is 0 Å². The summed E-state index contributed by atoms with van der Waals surface area (Å²) in [6.45, 7) is 2.75. The summed E-state index contributed by atoms with van der Waals surface area (Å²) >= 11 is 0. The van der Waals surface area contributed by atoms with Gasteiger partial charge in [-0.3, -0.25) is 30.1 Å². The number of para-hydroxylation sites is 1. The van der Waals surface area contributed by atoms with E-state index in [0.29, 0.717) is 31.0 Å². The Bertz CT molecular complexity index is 1320. The van der Waals surface area contributed by atoms with Gasteiger partial charge >= 0.3 is 0 Å². The molecule has 2 aliphatic rings. The summed E-state index contributed by atoms with van der Waals surface area (Å²) in [6.07, 6.45) is 1.97. The second-order valence-corrected chi connectivity index (χ2v) is 8.85. The molecule has 9 nitrogen and oxygen atoms in total. The minimum Gasteiger partial charge on any atom is -0.489 e. The molecule has 3 heterocycles. The van der Waals surface area contributed by atoms with Gasteiger partial charge in [0.1, 0.15) is 12.4 Å². The first kappa shape index (κ1) is 22.8. The van der Waals surface area contributed by atoms with Crippen LogP contribution in [0.25, 0.3) is 16.6 Å². The van der Waals surface area contributed by atoms with Crippen LogP contribution in [0.3, 0.4) is 0 Å². The number of hydroxylamine groups is 2. The van der Waals surface area contributed by atoms with E-state index >= 15 is 0 Å². The molecule has 35 heavy (non-hydrogen) atoms. The number of ether oxygens (including phenoxy) is 1. The van der Waals surface area contributed by atoms with E-state index in [1.807, 2.05) is 61.5 Å². The number of hydrogen-bond acceptors (Lipinski definition) is 7. The van der Waals surface area contributed by atoms with Crippen molar-refractivity contribution in [1.82, 2.24) is 20.8 Å². The van der Waals surface area contributed by atoms with Crippen LogP contribution in [0, 0.1) is 12.8 Å². The average molecular weight is 475 g/mol. The number of hydrogen-bond donors (Lipinski definition) is 3. The summed E-state index contributed by atoms with van der Waals surface area (Å²) in [5.41, 5.74) is 7.19. The van der Waals surface area contributed by atoms with Gasteiger partial charge in [0, 0.05) is 30.2 Å². The summed E-state index contributed by atoms with van der Waals surface area (Å²) < 4.78 is 6.04. The highest BCUT2D eigenvalue weighted by Crippen LogP contribution is 2.39. The lowest BCUT2D eigenvalue weighted by molar-refractivity contribution is -0.175. The Morgan fingerprint density at radius 1 is 1.29 bits per heavy atom. The van der Waals surface area contributed by atoms with Crippen LogP contribution in [0.15, 0.2) is 60.7 Å². The predicted molar refractivity (Wildman–Crippen MR) is 128 cm³/mol. The quantitative estimate of drug-likeness (QED) is 0.385. The second-order valence-electron chi connectivity index (χ2n) is 8.85. The van der Waals surface area contributed by atoms with Gasteiger partial charge < -0.3 is 9.64 Å². The van der Waals surface area contributed by atoms with Crippen molar-refractivity contribution in [2.24, 2.45) is 5.92 Å². The molecule has 1 spiro atoms. The summed E-state index contributed by atoms with van der Waals surface area (Å²) in [5.74, 6) is -1.18. The molecule has 0 radical (unpaired) electrons. The van der Waals surface area contributed by atoms with E-state index in [4.69, 9.17) is 14.8 Å². The predicted octanol–water partition coefficient (Wildman–Crippen LogP) is 2.72.